The lowest BCUT2D eigenvalue weighted by atomic mass is 10.0. The third-order valence-electron chi connectivity index (χ3n) is 3.32. The summed E-state index contributed by atoms with van der Waals surface area (Å²) in [6.45, 7) is 2.91. The topological polar surface area (TPSA) is 49.6 Å². The lowest BCUT2D eigenvalue weighted by molar-refractivity contribution is -0.120. The molecule has 1 aliphatic rings. The molecule has 0 bridgehead atoms. The van der Waals surface area contributed by atoms with Crippen LogP contribution in [0.2, 0.25) is 5.02 Å². The fraction of sp³-hybridized carbons (Fsp3) is 0.462. The summed E-state index contributed by atoms with van der Waals surface area (Å²) in [5.41, 5.74) is 6.37. The quantitative estimate of drug-likeness (QED) is 0.893. The van der Waals surface area contributed by atoms with Gasteiger partial charge in [-0.2, -0.15) is 0 Å². The second kappa shape index (κ2) is 5.69. The minimum Gasteiger partial charge on any atom is -0.369 e. The Labute approximate surface area is 112 Å². The van der Waals surface area contributed by atoms with E-state index in [4.69, 9.17) is 17.3 Å². The van der Waals surface area contributed by atoms with Gasteiger partial charge >= 0.3 is 0 Å². The standard InChI is InChI=1S/C13H18ClN3O/c1-16-6-7-17(9-13(15)18)12(8-16)10-4-2-3-5-11(10)14/h2-5,12H,6-9H2,1H3,(H2,15,18). The molecule has 2 N–H and O–H groups in total. The molecule has 4 nitrogen and oxygen atoms in total. The smallest absolute Gasteiger partial charge is 0.231 e. The molecule has 1 aromatic rings. The Morgan fingerprint density at radius 1 is 1.44 bits per heavy atom. The number of hydrogen-bond donors (Lipinski definition) is 1. The van der Waals surface area contributed by atoms with Crippen molar-refractivity contribution < 1.29 is 4.79 Å². The van der Waals surface area contributed by atoms with Gasteiger partial charge < -0.3 is 10.6 Å². The van der Waals surface area contributed by atoms with Crippen LogP contribution in [0.5, 0.6) is 0 Å². The molecule has 2 rings (SSSR count). The molecule has 1 aliphatic heterocycles. The normalized spacial score (nSPS) is 22.0. The molecule has 18 heavy (non-hydrogen) atoms. The summed E-state index contributed by atoms with van der Waals surface area (Å²) in [5.74, 6) is -0.295. The van der Waals surface area contributed by atoms with Gasteiger partial charge in [-0.1, -0.05) is 29.8 Å². The Kier molecular flexibility index (Phi) is 4.22. The van der Waals surface area contributed by atoms with Gasteiger partial charge in [-0.05, 0) is 18.7 Å². The summed E-state index contributed by atoms with van der Waals surface area (Å²) >= 11 is 6.25. The molecule has 1 aromatic carbocycles. The van der Waals surface area contributed by atoms with E-state index < -0.39 is 0 Å². The zero-order chi connectivity index (χ0) is 13.1. The zero-order valence-corrected chi connectivity index (χ0v) is 11.2. The SMILES string of the molecule is CN1CCN(CC(N)=O)C(c2ccccc2Cl)C1. The Hall–Kier alpha value is -1.10. The van der Waals surface area contributed by atoms with Crippen LogP contribution >= 0.6 is 11.6 Å². The van der Waals surface area contributed by atoms with Crippen molar-refractivity contribution in [3.63, 3.8) is 0 Å². The van der Waals surface area contributed by atoms with Crippen LogP contribution < -0.4 is 5.73 Å². The Morgan fingerprint density at radius 2 is 2.17 bits per heavy atom. The predicted molar refractivity (Wildman–Crippen MR) is 72.5 cm³/mol. The molecule has 1 saturated heterocycles. The molecule has 98 valence electrons. The molecule has 1 atom stereocenters. The van der Waals surface area contributed by atoms with E-state index in [-0.39, 0.29) is 18.5 Å². The van der Waals surface area contributed by atoms with Gasteiger partial charge in [-0.15, -0.1) is 0 Å². The first-order valence-corrected chi connectivity index (χ1v) is 6.41. The summed E-state index contributed by atoms with van der Waals surface area (Å²) in [5, 5.41) is 0.743. The fourth-order valence-electron chi connectivity index (χ4n) is 2.39. The van der Waals surface area contributed by atoms with Crippen molar-refractivity contribution in [1.29, 1.82) is 0 Å². The highest BCUT2D eigenvalue weighted by Crippen LogP contribution is 2.29. The Morgan fingerprint density at radius 3 is 2.83 bits per heavy atom. The van der Waals surface area contributed by atoms with E-state index >= 15 is 0 Å². The number of piperazine rings is 1. The van der Waals surface area contributed by atoms with Crippen LogP contribution in [0, 0.1) is 0 Å². The maximum Gasteiger partial charge on any atom is 0.231 e. The minimum absolute atomic E-state index is 0.130. The molecule has 5 heteroatoms. The lowest BCUT2D eigenvalue weighted by Crippen LogP contribution is -2.49. The van der Waals surface area contributed by atoms with Crippen LogP contribution in [0.25, 0.3) is 0 Å². The number of halogens is 1. The Bertz CT molecular complexity index is 438. The summed E-state index contributed by atoms with van der Waals surface area (Å²) in [6, 6.07) is 7.91. The number of primary amides is 1. The summed E-state index contributed by atoms with van der Waals surface area (Å²) in [7, 11) is 2.07. The number of nitrogens with two attached hydrogens (primary N) is 1. The number of hydrogen-bond acceptors (Lipinski definition) is 3. The second-order valence-corrected chi connectivity index (χ2v) is 5.14. The van der Waals surface area contributed by atoms with Crippen LogP contribution in [0.15, 0.2) is 24.3 Å². The number of likely N-dealkylation sites (N-methyl/N-ethyl adjacent to an activating group) is 1. The van der Waals surface area contributed by atoms with Crippen molar-refractivity contribution in [3.8, 4) is 0 Å². The highest BCUT2D eigenvalue weighted by atomic mass is 35.5. The average molecular weight is 268 g/mol. The number of amides is 1. The molecule has 1 heterocycles. The van der Waals surface area contributed by atoms with Gasteiger partial charge in [-0.3, -0.25) is 9.69 Å². The van der Waals surface area contributed by atoms with Gasteiger partial charge in [0, 0.05) is 30.7 Å². The fourth-order valence-corrected chi connectivity index (χ4v) is 2.65. The maximum atomic E-state index is 11.1. The first-order chi connectivity index (χ1) is 8.58. The third kappa shape index (κ3) is 3.02. The highest BCUT2D eigenvalue weighted by Gasteiger charge is 2.28. The van der Waals surface area contributed by atoms with E-state index in [1.165, 1.54) is 0 Å². The summed E-state index contributed by atoms with van der Waals surface area (Å²) < 4.78 is 0. The molecule has 0 aliphatic carbocycles. The van der Waals surface area contributed by atoms with Gasteiger partial charge in [0.1, 0.15) is 0 Å². The minimum atomic E-state index is -0.295. The van der Waals surface area contributed by atoms with Crippen LogP contribution in [0.4, 0.5) is 0 Å². The monoisotopic (exact) mass is 267 g/mol. The van der Waals surface area contributed by atoms with Gasteiger partial charge in [0.25, 0.3) is 0 Å². The molecule has 1 amide bonds. The van der Waals surface area contributed by atoms with Crippen LogP contribution in [-0.4, -0.2) is 48.9 Å². The van der Waals surface area contributed by atoms with Crippen molar-refractivity contribution in [1.82, 2.24) is 9.80 Å². The van der Waals surface area contributed by atoms with Gasteiger partial charge in [-0.25, -0.2) is 0 Å². The average Bonchev–Trinajstić information content (AvgIpc) is 2.32. The van der Waals surface area contributed by atoms with E-state index in [1.54, 1.807) is 0 Å². The van der Waals surface area contributed by atoms with Crippen molar-refractivity contribution in [2.24, 2.45) is 5.73 Å². The van der Waals surface area contributed by atoms with E-state index in [9.17, 15) is 4.79 Å². The number of rotatable bonds is 3. The van der Waals surface area contributed by atoms with E-state index in [0.717, 1.165) is 30.2 Å². The van der Waals surface area contributed by atoms with Crippen LogP contribution in [0.3, 0.4) is 0 Å². The molecule has 1 unspecified atom stereocenters. The lowest BCUT2D eigenvalue weighted by Gasteiger charge is -2.39. The molecular weight excluding hydrogens is 250 g/mol. The van der Waals surface area contributed by atoms with Gasteiger partial charge in [0.05, 0.1) is 6.54 Å². The molecule has 0 radical (unpaired) electrons. The molecule has 0 spiro atoms. The summed E-state index contributed by atoms with van der Waals surface area (Å²) in [6.07, 6.45) is 0. The number of benzene rings is 1. The first kappa shape index (κ1) is 13.3. The first-order valence-electron chi connectivity index (χ1n) is 6.03. The Balaban J connectivity index is 2.25. The van der Waals surface area contributed by atoms with Crippen molar-refractivity contribution in [2.45, 2.75) is 6.04 Å². The number of carbonyl (C=O) groups excluding carboxylic acids is 1. The number of carbonyl (C=O) groups is 1. The van der Waals surface area contributed by atoms with Crippen molar-refractivity contribution >= 4 is 17.5 Å². The molecule has 0 saturated carbocycles. The van der Waals surface area contributed by atoms with E-state index in [2.05, 4.69) is 16.8 Å². The van der Waals surface area contributed by atoms with Gasteiger partial charge in [0.15, 0.2) is 0 Å². The molecule has 0 aromatic heterocycles. The van der Waals surface area contributed by atoms with Gasteiger partial charge in [0.2, 0.25) is 5.91 Å². The predicted octanol–water partition coefficient (Wildman–Crippen LogP) is 1.11. The molecular formula is C13H18ClN3O. The van der Waals surface area contributed by atoms with E-state index in [0.29, 0.717) is 0 Å². The van der Waals surface area contributed by atoms with E-state index in [1.807, 2.05) is 24.3 Å². The largest absolute Gasteiger partial charge is 0.369 e. The van der Waals surface area contributed by atoms with Crippen LogP contribution in [-0.2, 0) is 4.79 Å². The summed E-state index contributed by atoms with van der Waals surface area (Å²) in [4.78, 5) is 15.5. The zero-order valence-electron chi connectivity index (χ0n) is 10.5. The third-order valence-corrected chi connectivity index (χ3v) is 3.66. The number of nitrogens with zero attached hydrogens (tertiary/aromatic N) is 2. The highest BCUT2D eigenvalue weighted by molar-refractivity contribution is 6.31. The molecule has 1 fully saturated rings. The van der Waals surface area contributed by atoms with Crippen LogP contribution in [0.1, 0.15) is 11.6 Å². The van der Waals surface area contributed by atoms with Crippen molar-refractivity contribution in [2.75, 3.05) is 33.2 Å². The second-order valence-electron chi connectivity index (χ2n) is 4.74. The maximum absolute atomic E-state index is 11.1. The van der Waals surface area contributed by atoms with Crippen molar-refractivity contribution in [3.05, 3.63) is 34.9 Å².